The number of benzene rings is 4. The number of azo groups is 1. The van der Waals surface area contributed by atoms with Crippen LogP contribution in [0.25, 0.3) is 10.8 Å². The molecule has 0 aliphatic rings. The average molecular weight is 588 g/mol. The minimum Gasteiger partial charge on any atom is -0.505 e. The van der Waals surface area contributed by atoms with Gasteiger partial charge in [0.25, 0.3) is 16.0 Å². The number of fused-ring (bicyclic) bond motifs is 1. The Hall–Kier alpha value is -3.70. The Morgan fingerprint density at radius 1 is 1.03 bits per heavy atom. The second-order valence-corrected chi connectivity index (χ2v) is 10.6. The lowest BCUT2D eigenvalue weighted by Crippen LogP contribution is -2.12. The van der Waals surface area contributed by atoms with Crippen LogP contribution in [0, 0.1) is 0 Å². The van der Waals surface area contributed by atoms with Crippen molar-refractivity contribution in [2.75, 3.05) is 11.9 Å². The molecule has 1 amide bonds. The topological polar surface area (TPSA) is 138 Å². The number of nitrogens with zero attached hydrogens (tertiary/aromatic N) is 2. The van der Waals surface area contributed by atoms with Crippen LogP contribution in [0.1, 0.15) is 29.8 Å². The van der Waals surface area contributed by atoms with Crippen LogP contribution < -0.4 is 10.1 Å². The Bertz CT molecular complexity index is 1720. The molecule has 0 saturated heterocycles. The molecule has 0 spiro atoms. The van der Waals surface area contributed by atoms with E-state index in [0.29, 0.717) is 33.8 Å². The van der Waals surface area contributed by atoms with Gasteiger partial charge in [0.15, 0.2) is 5.75 Å². The van der Waals surface area contributed by atoms with Crippen LogP contribution >= 0.6 is 23.2 Å². The van der Waals surface area contributed by atoms with Gasteiger partial charge in [0, 0.05) is 22.2 Å². The quantitative estimate of drug-likeness (QED) is 0.142. The smallest absolute Gasteiger partial charge is 0.294 e. The maximum Gasteiger partial charge on any atom is 0.294 e. The van der Waals surface area contributed by atoms with Crippen molar-refractivity contribution in [1.82, 2.24) is 0 Å². The predicted octanol–water partition coefficient (Wildman–Crippen LogP) is 7.73. The number of hydrogen-bond acceptors (Lipinski definition) is 7. The zero-order chi connectivity index (χ0) is 28.3. The van der Waals surface area contributed by atoms with E-state index in [9.17, 15) is 22.9 Å². The Labute approximate surface area is 234 Å². The third kappa shape index (κ3) is 6.31. The summed E-state index contributed by atoms with van der Waals surface area (Å²) in [6, 6.07) is 15.7. The number of carbonyl (C=O) groups excluding carboxylic acids is 1. The van der Waals surface area contributed by atoms with Crippen molar-refractivity contribution in [1.29, 1.82) is 0 Å². The first-order chi connectivity index (χ1) is 18.5. The number of aromatic hydroxyl groups is 1. The molecule has 0 atom stereocenters. The van der Waals surface area contributed by atoms with Gasteiger partial charge in [0.1, 0.15) is 17.1 Å². The largest absolute Gasteiger partial charge is 0.505 e. The van der Waals surface area contributed by atoms with Gasteiger partial charge in [0.05, 0.1) is 22.1 Å². The normalized spacial score (nSPS) is 11.7. The van der Waals surface area contributed by atoms with Crippen LogP contribution in [-0.4, -0.2) is 30.6 Å². The molecule has 0 aliphatic carbocycles. The minimum atomic E-state index is -4.49. The van der Waals surface area contributed by atoms with Crippen molar-refractivity contribution < 1.29 is 27.6 Å². The first-order valence-electron chi connectivity index (χ1n) is 11.7. The highest BCUT2D eigenvalue weighted by Gasteiger charge is 2.20. The molecule has 0 aromatic heterocycles. The van der Waals surface area contributed by atoms with Crippen molar-refractivity contribution in [2.45, 2.75) is 25.2 Å². The number of amides is 1. The number of ether oxygens (including phenoxy) is 1. The van der Waals surface area contributed by atoms with Crippen LogP contribution in [-0.2, 0) is 16.5 Å². The van der Waals surface area contributed by atoms with Crippen LogP contribution in [0.2, 0.25) is 10.0 Å². The number of hydrogen-bond donors (Lipinski definition) is 3. The molecule has 0 saturated carbocycles. The summed E-state index contributed by atoms with van der Waals surface area (Å²) in [5.41, 5.74) is 0.701. The highest BCUT2D eigenvalue weighted by atomic mass is 35.5. The van der Waals surface area contributed by atoms with Crippen molar-refractivity contribution in [2.24, 2.45) is 10.2 Å². The number of nitrogens with one attached hydrogen (secondary N) is 1. The molecule has 0 bridgehead atoms. The van der Waals surface area contributed by atoms with Crippen LogP contribution in [0.3, 0.4) is 0 Å². The second kappa shape index (κ2) is 11.6. The van der Waals surface area contributed by atoms with Crippen LogP contribution in [0.15, 0.2) is 75.8 Å². The van der Waals surface area contributed by atoms with E-state index < -0.39 is 21.8 Å². The van der Waals surface area contributed by atoms with Crippen molar-refractivity contribution in [3.8, 4) is 11.5 Å². The Balaban J connectivity index is 1.78. The molecule has 4 aromatic rings. The molecule has 39 heavy (non-hydrogen) atoms. The zero-order valence-corrected chi connectivity index (χ0v) is 23.1. The van der Waals surface area contributed by atoms with Gasteiger partial charge in [-0.2, -0.15) is 8.42 Å². The number of anilines is 1. The van der Waals surface area contributed by atoms with E-state index in [0.717, 1.165) is 6.07 Å². The van der Waals surface area contributed by atoms with Gasteiger partial charge < -0.3 is 15.2 Å². The highest BCUT2D eigenvalue weighted by molar-refractivity contribution is 7.85. The molecule has 0 unspecified atom stereocenters. The summed E-state index contributed by atoms with van der Waals surface area (Å²) in [5.74, 6) is -0.576. The third-order valence-electron chi connectivity index (χ3n) is 5.73. The third-order valence-corrected chi connectivity index (χ3v) is 7.18. The lowest BCUT2D eigenvalue weighted by Gasteiger charge is -2.12. The molecule has 4 rings (SSSR count). The van der Waals surface area contributed by atoms with Gasteiger partial charge in [-0.3, -0.25) is 9.35 Å². The summed E-state index contributed by atoms with van der Waals surface area (Å²) in [6.07, 6.45) is 0.271. The van der Waals surface area contributed by atoms with E-state index in [4.69, 9.17) is 27.9 Å². The summed E-state index contributed by atoms with van der Waals surface area (Å²) in [7, 11) is -4.49. The first-order valence-corrected chi connectivity index (χ1v) is 13.9. The van der Waals surface area contributed by atoms with E-state index in [1.165, 1.54) is 12.1 Å². The fraction of sp³-hybridized carbons (Fsp3) is 0.148. The van der Waals surface area contributed by atoms with Crippen LogP contribution in [0.5, 0.6) is 11.5 Å². The lowest BCUT2D eigenvalue weighted by atomic mass is 10.0. The van der Waals surface area contributed by atoms with E-state index in [1.807, 2.05) is 6.92 Å². The molecular weight excluding hydrogens is 565 g/mol. The molecular formula is C27H23Cl2N3O6S. The fourth-order valence-electron chi connectivity index (χ4n) is 3.96. The predicted molar refractivity (Wildman–Crippen MR) is 151 cm³/mol. The minimum absolute atomic E-state index is 0.00678. The van der Waals surface area contributed by atoms with Crippen LogP contribution in [0.4, 0.5) is 17.1 Å². The zero-order valence-electron chi connectivity index (χ0n) is 20.8. The van der Waals surface area contributed by atoms with E-state index in [2.05, 4.69) is 15.5 Å². The van der Waals surface area contributed by atoms with E-state index in [-0.39, 0.29) is 38.8 Å². The number of rotatable bonds is 8. The molecule has 0 radical (unpaired) electrons. The summed E-state index contributed by atoms with van der Waals surface area (Å²) in [4.78, 5) is 12.9. The molecule has 3 N–H and O–H groups in total. The molecule has 4 aromatic carbocycles. The number of aryl methyl sites for hydroxylation is 1. The van der Waals surface area contributed by atoms with Gasteiger partial charge >= 0.3 is 0 Å². The lowest BCUT2D eigenvalue weighted by molar-refractivity contribution is 0.102. The van der Waals surface area contributed by atoms with Gasteiger partial charge in [-0.1, -0.05) is 54.4 Å². The summed E-state index contributed by atoms with van der Waals surface area (Å²) < 4.78 is 38.4. The summed E-state index contributed by atoms with van der Waals surface area (Å²) >= 11 is 12.4. The highest BCUT2D eigenvalue weighted by Crippen LogP contribution is 2.41. The van der Waals surface area contributed by atoms with Gasteiger partial charge in [0.2, 0.25) is 0 Å². The maximum absolute atomic E-state index is 13.2. The van der Waals surface area contributed by atoms with Crippen molar-refractivity contribution in [3.63, 3.8) is 0 Å². The van der Waals surface area contributed by atoms with Gasteiger partial charge in [-0.05, 0) is 54.6 Å². The molecule has 0 heterocycles. The van der Waals surface area contributed by atoms with Gasteiger partial charge in [-0.15, -0.1) is 10.2 Å². The number of carbonyl (C=O) groups is 1. The summed E-state index contributed by atoms with van der Waals surface area (Å²) in [5, 5.41) is 23.6. The molecule has 202 valence electrons. The molecule has 9 nitrogen and oxygen atoms in total. The van der Waals surface area contributed by atoms with E-state index in [1.54, 1.807) is 49.4 Å². The first kappa shape index (κ1) is 28.3. The monoisotopic (exact) mass is 587 g/mol. The van der Waals surface area contributed by atoms with Crippen molar-refractivity contribution >= 4 is 67.1 Å². The summed E-state index contributed by atoms with van der Waals surface area (Å²) in [6.45, 7) is 3.94. The number of phenols is 1. The Morgan fingerprint density at radius 3 is 2.46 bits per heavy atom. The molecule has 0 aliphatic heterocycles. The Morgan fingerprint density at radius 2 is 1.77 bits per heavy atom. The van der Waals surface area contributed by atoms with Crippen molar-refractivity contribution in [3.05, 3.63) is 81.8 Å². The SMILES string of the molecule is CCOc1cc(Cl)cc(NC(=O)c2cc3ccccc3c(N=Nc3cc(CC)c(S(=O)(=O)O)cc3Cl)c2O)c1. The maximum atomic E-state index is 13.2. The van der Waals surface area contributed by atoms with E-state index >= 15 is 0 Å². The molecule has 0 fully saturated rings. The number of halogens is 2. The van der Waals surface area contributed by atoms with Gasteiger partial charge in [-0.25, -0.2) is 0 Å². The second-order valence-electron chi connectivity index (χ2n) is 8.35. The average Bonchev–Trinajstić information content (AvgIpc) is 2.87. The fourth-order valence-corrected chi connectivity index (χ4v) is 5.25. The number of phenolic OH excluding ortho intramolecular Hbond substituents is 1. The Kier molecular flexibility index (Phi) is 8.41. The standard InChI is InChI=1S/C27H23Cl2N3O6S/c1-3-15-10-23(22(29)14-24(15)39(35,36)37)31-32-25-20-8-6-5-7-16(20)9-21(26(25)33)27(34)30-18-11-17(28)12-19(13-18)38-4-2/h5-14,33H,3-4H2,1-2H3,(H,30,34)(H,35,36,37). The molecule has 12 heteroatoms.